The summed E-state index contributed by atoms with van der Waals surface area (Å²) < 4.78 is 0. The van der Waals surface area contributed by atoms with Gasteiger partial charge in [-0.15, -0.1) is 0 Å². The number of rotatable bonds is 2. The first-order valence-electron chi connectivity index (χ1n) is 6.85. The maximum atomic E-state index is 12.3. The van der Waals surface area contributed by atoms with Crippen LogP contribution in [0.2, 0.25) is 0 Å². The molecule has 0 saturated carbocycles. The van der Waals surface area contributed by atoms with Crippen LogP contribution in [0.25, 0.3) is 0 Å². The zero-order valence-corrected chi connectivity index (χ0v) is 11.3. The van der Waals surface area contributed by atoms with Gasteiger partial charge >= 0.3 is 0 Å². The number of aromatic nitrogens is 1. The van der Waals surface area contributed by atoms with Crippen molar-refractivity contribution in [1.29, 1.82) is 0 Å². The Labute approximate surface area is 118 Å². The summed E-state index contributed by atoms with van der Waals surface area (Å²) in [5.74, 6) is 0.0262. The van der Waals surface area contributed by atoms with Crippen LogP contribution in [-0.2, 0) is 0 Å². The van der Waals surface area contributed by atoms with E-state index in [4.69, 9.17) is 0 Å². The molecule has 2 heterocycles. The van der Waals surface area contributed by atoms with Crippen LogP contribution in [-0.4, -0.2) is 42.0 Å². The number of carbonyl (C=O) groups is 1. The van der Waals surface area contributed by atoms with Gasteiger partial charge in [0.1, 0.15) is 5.69 Å². The Hall–Kier alpha value is -2.36. The van der Waals surface area contributed by atoms with Gasteiger partial charge in [-0.05, 0) is 24.3 Å². The number of hydrogen-bond acceptors (Lipinski definition) is 3. The Morgan fingerprint density at radius 3 is 2.25 bits per heavy atom. The Morgan fingerprint density at radius 1 is 0.900 bits per heavy atom. The molecule has 0 aliphatic carbocycles. The smallest absolute Gasteiger partial charge is 0.272 e. The molecule has 1 aliphatic rings. The highest BCUT2D eigenvalue weighted by Crippen LogP contribution is 2.16. The summed E-state index contributed by atoms with van der Waals surface area (Å²) >= 11 is 0. The predicted octanol–water partition coefficient (Wildman–Crippen LogP) is 2.04. The predicted molar refractivity (Wildman–Crippen MR) is 78.8 cm³/mol. The van der Waals surface area contributed by atoms with Gasteiger partial charge in [0.05, 0.1) is 0 Å². The van der Waals surface area contributed by atoms with Gasteiger partial charge in [0.25, 0.3) is 5.91 Å². The van der Waals surface area contributed by atoms with Gasteiger partial charge in [-0.1, -0.05) is 24.3 Å². The molecule has 0 radical (unpaired) electrons. The van der Waals surface area contributed by atoms with Crippen molar-refractivity contribution in [3.05, 3.63) is 60.4 Å². The van der Waals surface area contributed by atoms with E-state index in [0.29, 0.717) is 5.69 Å². The van der Waals surface area contributed by atoms with Gasteiger partial charge in [0.2, 0.25) is 0 Å². The molecule has 1 amide bonds. The van der Waals surface area contributed by atoms with Crippen LogP contribution in [0.5, 0.6) is 0 Å². The summed E-state index contributed by atoms with van der Waals surface area (Å²) in [6, 6.07) is 15.8. The first-order valence-corrected chi connectivity index (χ1v) is 6.85. The number of carbonyl (C=O) groups excluding carboxylic acids is 1. The highest BCUT2D eigenvalue weighted by molar-refractivity contribution is 5.92. The van der Waals surface area contributed by atoms with Crippen molar-refractivity contribution in [3.8, 4) is 0 Å². The SMILES string of the molecule is O=C(c1ccccn1)N1CCN(c2ccccc2)CC1. The summed E-state index contributed by atoms with van der Waals surface area (Å²) in [5, 5.41) is 0. The van der Waals surface area contributed by atoms with Crippen molar-refractivity contribution in [3.63, 3.8) is 0 Å². The zero-order chi connectivity index (χ0) is 13.8. The van der Waals surface area contributed by atoms with Gasteiger partial charge in [-0.2, -0.15) is 0 Å². The number of benzene rings is 1. The summed E-state index contributed by atoms with van der Waals surface area (Å²) in [7, 11) is 0. The van der Waals surface area contributed by atoms with Crippen LogP contribution in [0.1, 0.15) is 10.5 Å². The minimum absolute atomic E-state index is 0.0262. The molecule has 102 valence electrons. The second-order valence-electron chi connectivity index (χ2n) is 4.83. The highest BCUT2D eigenvalue weighted by Gasteiger charge is 2.22. The van der Waals surface area contributed by atoms with Crippen molar-refractivity contribution in [2.45, 2.75) is 0 Å². The molecule has 20 heavy (non-hydrogen) atoms. The first kappa shape index (κ1) is 12.7. The highest BCUT2D eigenvalue weighted by atomic mass is 16.2. The van der Waals surface area contributed by atoms with Gasteiger partial charge in [-0.25, -0.2) is 0 Å². The number of nitrogens with zero attached hydrogens (tertiary/aromatic N) is 3. The standard InChI is InChI=1S/C16H17N3O/c20-16(15-8-4-5-9-17-15)19-12-10-18(11-13-19)14-6-2-1-3-7-14/h1-9H,10-13H2. The fourth-order valence-corrected chi connectivity index (χ4v) is 2.46. The quantitative estimate of drug-likeness (QED) is 0.835. The molecule has 0 bridgehead atoms. The van der Waals surface area contributed by atoms with Crippen molar-refractivity contribution in [2.75, 3.05) is 31.1 Å². The van der Waals surface area contributed by atoms with Crippen LogP contribution in [0.15, 0.2) is 54.7 Å². The van der Waals surface area contributed by atoms with E-state index < -0.39 is 0 Å². The summed E-state index contributed by atoms with van der Waals surface area (Å²) in [6.07, 6.45) is 1.66. The average Bonchev–Trinajstić information content (AvgIpc) is 2.56. The van der Waals surface area contributed by atoms with Crippen molar-refractivity contribution < 1.29 is 4.79 Å². The second kappa shape index (κ2) is 5.74. The van der Waals surface area contributed by atoms with Crippen molar-refractivity contribution in [2.24, 2.45) is 0 Å². The van der Waals surface area contributed by atoms with Gasteiger partial charge in [0, 0.05) is 38.1 Å². The van der Waals surface area contributed by atoms with E-state index >= 15 is 0 Å². The molecular formula is C16H17N3O. The molecular weight excluding hydrogens is 250 g/mol. The maximum absolute atomic E-state index is 12.3. The van der Waals surface area contributed by atoms with E-state index in [1.807, 2.05) is 35.2 Å². The first-order chi connectivity index (χ1) is 9.84. The average molecular weight is 267 g/mol. The Balaban J connectivity index is 1.63. The van der Waals surface area contributed by atoms with Crippen LogP contribution >= 0.6 is 0 Å². The van der Waals surface area contributed by atoms with Gasteiger partial charge in [-0.3, -0.25) is 9.78 Å². The lowest BCUT2D eigenvalue weighted by Crippen LogP contribution is -2.49. The third kappa shape index (κ3) is 2.64. The lowest BCUT2D eigenvalue weighted by Gasteiger charge is -2.36. The molecule has 1 saturated heterocycles. The van der Waals surface area contributed by atoms with Crippen molar-refractivity contribution >= 4 is 11.6 Å². The van der Waals surface area contributed by atoms with Crippen LogP contribution in [0.4, 0.5) is 5.69 Å². The molecule has 0 atom stereocenters. The lowest BCUT2D eigenvalue weighted by atomic mass is 10.2. The molecule has 3 rings (SSSR count). The summed E-state index contributed by atoms with van der Waals surface area (Å²) in [6.45, 7) is 3.21. The Bertz CT molecular complexity index is 563. The van der Waals surface area contributed by atoms with Crippen LogP contribution in [0, 0.1) is 0 Å². The zero-order valence-electron chi connectivity index (χ0n) is 11.3. The summed E-state index contributed by atoms with van der Waals surface area (Å²) in [5.41, 5.74) is 1.75. The third-order valence-corrected chi connectivity index (χ3v) is 3.57. The number of hydrogen-bond donors (Lipinski definition) is 0. The monoisotopic (exact) mass is 267 g/mol. The maximum Gasteiger partial charge on any atom is 0.272 e. The summed E-state index contributed by atoms with van der Waals surface area (Å²) in [4.78, 5) is 20.6. The topological polar surface area (TPSA) is 36.4 Å². The molecule has 1 aliphatic heterocycles. The van der Waals surface area contributed by atoms with Crippen LogP contribution in [0.3, 0.4) is 0 Å². The number of pyridine rings is 1. The van der Waals surface area contributed by atoms with E-state index in [1.165, 1.54) is 5.69 Å². The van der Waals surface area contributed by atoms with Gasteiger partial charge in [0.15, 0.2) is 0 Å². The number of piperazine rings is 1. The van der Waals surface area contributed by atoms with E-state index in [2.05, 4.69) is 22.0 Å². The Morgan fingerprint density at radius 2 is 1.60 bits per heavy atom. The second-order valence-corrected chi connectivity index (χ2v) is 4.83. The Kier molecular flexibility index (Phi) is 3.63. The van der Waals surface area contributed by atoms with Gasteiger partial charge < -0.3 is 9.80 Å². The molecule has 2 aromatic rings. The normalized spacial score (nSPS) is 15.2. The molecule has 0 N–H and O–H groups in total. The third-order valence-electron chi connectivity index (χ3n) is 3.57. The largest absolute Gasteiger partial charge is 0.368 e. The molecule has 0 unspecified atom stereocenters. The lowest BCUT2D eigenvalue weighted by molar-refractivity contribution is 0.0741. The molecule has 0 spiro atoms. The number of anilines is 1. The fourth-order valence-electron chi connectivity index (χ4n) is 2.46. The van der Waals surface area contributed by atoms with E-state index in [-0.39, 0.29) is 5.91 Å². The fraction of sp³-hybridized carbons (Fsp3) is 0.250. The van der Waals surface area contributed by atoms with E-state index in [1.54, 1.807) is 12.3 Å². The minimum Gasteiger partial charge on any atom is -0.368 e. The molecule has 4 nitrogen and oxygen atoms in total. The van der Waals surface area contributed by atoms with Crippen LogP contribution < -0.4 is 4.90 Å². The number of amides is 1. The minimum atomic E-state index is 0.0262. The van der Waals surface area contributed by atoms with Crippen molar-refractivity contribution in [1.82, 2.24) is 9.88 Å². The molecule has 1 aromatic heterocycles. The van der Waals surface area contributed by atoms with E-state index in [9.17, 15) is 4.79 Å². The molecule has 4 heteroatoms. The van der Waals surface area contributed by atoms with E-state index in [0.717, 1.165) is 26.2 Å². The number of para-hydroxylation sites is 1. The molecule has 1 fully saturated rings. The molecule has 1 aromatic carbocycles.